The average molecular weight is 532 g/mol. The van der Waals surface area contributed by atoms with E-state index in [0.29, 0.717) is 44.1 Å². The van der Waals surface area contributed by atoms with E-state index in [0.717, 1.165) is 30.0 Å². The molecule has 3 aromatic rings. The fraction of sp³-hybridized carbons (Fsp3) is 0.355. The standard InChI is InChI=1S/C31H37N3O5/c1-4-38-30(35)25-12-14-27(15-13-25)32-31(36)34-18-16-33(17-19-34)21-29(26-6-5-7-28(20-26)37-3)39-22-24-10-8-23(2)9-11-24/h5-15,20,29H,4,16-19,21-22H2,1-3H3,(H,32,36). The minimum Gasteiger partial charge on any atom is -0.497 e. The highest BCUT2D eigenvalue weighted by molar-refractivity contribution is 5.92. The Hall–Kier alpha value is -3.88. The molecule has 2 amide bonds. The van der Waals surface area contributed by atoms with Crippen LogP contribution in [0.3, 0.4) is 0 Å². The number of esters is 1. The van der Waals surface area contributed by atoms with Crippen LogP contribution in [0.15, 0.2) is 72.8 Å². The summed E-state index contributed by atoms with van der Waals surface area (Å²) in [5.41, 5.74) is 4.51. The van der Waals surface area contributed by atoms with Gasteiger partial charge in [-0.3, -0.25) is 4.90 Å². The van der Waals surface area contributed by atoms with Crippen molar-refractivity contribution in [2.75, 3.05) is 51.8 Å². The molecule has 0 aliphatic carbocycles. The molecule has 1 N–H and O–H groups in total. The molecule has 0 aromatic heterocycles. The fourth-order valence-corrected chi connectivity index (χ4v) is 4.45. The molecule has 1 fully saturated rings. The van der Waals surface area contributed by atoms with Crippen LogP contribution in [-0.4, -0.2) is 68.2 Å². The number of aryl methyl sites for hydroxylation is 1. The third-order valence-electron chi connectivity index (χ3n) is 6.77. The van der Waals surface area contributed by atoms with Crippen LogP contribution >= 0.6 is 0 Å². The number of ether oxygens (including phenoxy) is 3. The Morgan fingerprint density at radius 2 is 1.67 bits per heavy atom. The molecular weight excluding hydrogens is 494 g/mol. The van der Waals surface area contributed by atoms with E-state index in [-0.39, 0.29) is 18.1 Å². The quantitative estimate of drug-likeness (QED) is 0.358. The Kier molecular flexibility index (Phi) is 9.94. The lowest BCUT2D eigenvalue weighted by atomic mass is 10.1. The second-order valence-electron chi connectivity index (χ2n) is 9.58. The van der Waals surface area contributed by atoms with Gasteiger partial charge in [0.05, 0.1) is 32.0 Å². The number of hydrogen-bond donors (Lipinski definition) is 1. The molecule has 1 unspecified atom stereocenters. The molecule has 1 aliphatic heterocycles. The number of hydrogen-bond acceptors (Lipinski definition) is 6. The molecule has 1 saturated heterocycles. The predicted molar refractivity (Wildman–Crippen MR) is 151 cm³/mol. The van der Waals surface area contributed by atoms with Gasteiger partial charge in [0.25, 0.3) is 0 Å². The van der Waals surface area contributed by atoms with Crippen LogP contribution in [0.25, 0.3) is 0 Å². The topological polar surface area (TPSA) is 80.3 Å². The minimum atomic E-state index is -0.374. The maximum Gasteiger partial charge on any atom is 0.338 e. The van der Waals surface area contributed by atoms with E-state index >= 15 is 0 Å². The summed E-state index contributed by atoms with van der Waals surface area (Å²) >= 11 is 0. The summed E-state index contributed by atoms with van der Waals surface area (Å²) in [5, 5.41) is 2.92. The van der Waals surface area contributed by atoms with Gasteiger partial charge in [-0.1, -0.05) is 42.0 Å². The lowest BCUT2D eigenvalue weighted by molar-refractivity contribution is 0.00584. The van der Waals surface area contributed by atoms with E-state index in [1.54, 1.807) is 38.3 Å². The number of carbonyl (C=O) groups excluding carboxylic acids is 2. The van der Waals surface area contributed by atoms with Crippen LogP contribution in [0.5, 0.6) is 5.75 Å². The first-order valence-corrected chi connectivity index (χ1v) is 13.3. The van der Waals surface area contributed by atoms with Crippen molar-refractivity contribution in [2.45, 2.75) is 26.6 Å². The van der Waals surface area contributed by atoms with E-state index in [4.69, 9.17) is 14.2 Å². The van der Waals surface area contributed by atoms with Gasteiger partial charge < -0.3 is 24.4 Å². The molecule has 8 heteroatoms. The van der Waals surface area contributed by atoms with Crippen LogP contribution in [0.2, 0.25) is 0 Å². The zero-order valence-corrected chi connectivity index (χ0v) is 22.9. The highest BCUT2D eigenvalue weighted by Crippen LogP contribution is 2.25. The van der Waals surface area contributed by atoms with Crippen molar-refractivity contribution in [3.8, 4) is 5.75 Å². The van der Waals surface area contributed by atoms with Crippen LogP contribution in [0.4, 0.5) is 10.5 Å². The van der Waals surface area contributed by atoms with Crippen molar-refractivity contribution in [1.82, 2.24) is 9.80 Å². The van der Waals surface area contributed by atoms with Gasteiger partial charge in [-0.15, -0.1) is 0 Å². The summed E-state index contributed by atoms with van der Waals surface area (Å²) < 4.78 is 16.9. The van der Waals surface area contributed by atoms with Gasteiger partial charge in [-0.05, 0) is 61.4 Å². The Labute approximate surface area is 230 Å². The summed E-state index contributed by atoms with van der Waals surface area (Å²) in [5.74, 6) is 0.426. The highest BCUT2D eigenvalue weighted by atomic mass is 16.5. The number of anilines is 1. The summed E-state index contributed by atoms with van der Waals surface area (Å²) in [6, 6.07) is 23.0. The predicted octanol–water partition coefficient (Wildman–Crippen LogP) is 5.29. The van der Waals surface area contributed by atoms with E-state index in [1.807, 2.05) is 23.1 Å². The van der Waals surface area contributed by atoms with Crippen molar-refractivity contribution in [3.05, 3.63) is 95.1 Å². The lowest BCUT2D eigenvalue weighted by Crippen LogP contribution is -2.50. The molecule has 8 nitrogen and oxygen atoms in total. The zero-order valence-electron chi connectivity index (χ0n) is 22.9. The highest BCUT2D eigenvalue weighted by Gasteiger charge is 2.25. The van der Waals surface area contributed by atoms with Crippen LogP contribution < -0.4 is 10.1 Å². The smallest absolute Gasteiger partial charge is 0.338 e. The second kappa shape index (κ2) is 13.8. The van der Waals surface area contributed by atoms with Gasteiger partial charge in [0.1, 0.15) is 5.75 Å². The third kappa shape index (κ3) is 8.05. The van der Waals surface area contributed by atoms with Gasteiger partial charge in [-0.2, -0.15) is 0 Å². The molecule has 39 heavy (non-hydrogen) atoms. The molecule has 0 spiro atoms. The maximum absolute atomic E-state index is 12.9. The Morgan fingerprint density at radius 3 is 2.33 bits per heavy atom. The van der Waals surface area contributed by atoms with Gasteiger partial charge in [0.2, 0.25) is 0 Å². The van der Waals surface area contributed by atoms with Crippen molar-refractivity contribution in [1.29, 1.82) is 0 Å². The van der Waals surface area contributed by atoms with E-state index in [2.05, 4.69) is 47.5 Å². The Balaban J connectivity index is 1.33. The normalized spacial score (nSPS) is 14.5. The fourth-order valence-electron chi connectivity index (χ4n) is 4.45. The van der Waals surface area contributed by atoms with E-state index < -0.39 is 0 Å². The largest absolute Gasteiger partial charge is 0.497 e. The van der Waals surface area contributed by atoms with E-state index in [9.17, 15) is 9.59 Å². The number of benzene rings is 3. The first-order valence-electron chi connectivity index (χ1n) is 13.3. The molecule has 1 aliphatic rings. The Morgan fingerprint density at radius 1 is 0.949 bits per heavy atom. The molecular formula is C31H37N3O5. The molecule has 3 aromatic carbocycles. The molecule has 0 bridgehead atoms. The van der Waals surface area contributed by atoms with Crippen molar-refractivity contribution in [3.63, 3.8) is 0 Å². The van der Waals surface area contributed by atoms with Crippen LogP contribution in [0, 0.1) is 6.92 Å². The summed E-state index contributed by atoms with van der Waals surface area (Å²) in [7, 11) is 1.67. The SMILES string of the molecule is CCOC(=O)c1ccc(NC(=O)N2CCN(CC(OCc3ccc(C)cc3)c3cccc(OC)c3)CC2)cc1. The maximum atomic E-state index is 12.9. The zero-order chi connectivity index (χ0) is 27.6. The number of carbonyl (C=O) groups is 2. The first-order chi connectivity index (χ1) is 18.9. The number of nitrogens with one attached hydrogen (secondary N) is 1. The summed E-state index contributed by atoms with van der Waals surface area (Å²) in [6.45, 7) is 8.08. The van der Waals surface area contributed by atoms with Gasteiger partial charge in [0, 0.05) is 38.4 Å². The third-order valence-corrected chi connectivity index (χ3v) is 6.77. The number of amides is 2. The second-order valence-corrected chi connectivity index (χ2v) is 9.58. The summed E-state index contributed by atoms with van der Waals surface area (Å²) in [4.78, 5) is 28.8. The first kappa shape index (κ1) is 28.1. The molecule has 4 rings (SSSR count). The Bertz CT molecular complexity index is 1220. The van der Waals surface area contributed by atoms with Crippen molar-refractivity contribution < 1.29 is 23.8 Å². The summed E-state index contributed by atoms with van der Waals surface area (Å²) in [6.07, 6.45) is -0.139. The van der Waals surface area contributed by atoms with Gasteiger partial charge in [-0.25, -0.2) is 9.59 Å². The van der Waals surface area contributed by atoms with Crippen molar-refractivity contribution in [2.24, 2.45) is 0 Å². The average Bonchev–Trinajstić information content (AvgIpc) is 2.97. The molecule has 206 valence electrons. The van der Waals surface area contributed by atoms with Crippen LogP contribution in [0.1, 0.15) is 40.1 Å². The number of urea groups is 1. The van der Waals surface area contributed by atoms with Gasteiger partial charge >= 0.3 is 12.0 Å². The molecule has 0 saturated carbocycles. The molecule has 1 atom stereocenters. The number of piperazine rings is 1. The van der Waals surface area contributed by atoms with Crippen molar-refractivity contribution >= 4 is 17.7 Å². The molecule has 1 heterocycles. The molecule has 0 radical (unpaired) electrons. The lowest BCUT2D eigenvalue weighted by Gasteiger charge is -2.36. The van der Waals surface area contributed by atoms with Crippen LogP contribution in [-0.2, 0) is 16.1 Å². The number of nitrogens with zero attached hydrogens (tertiary/aromatic N) is 2. The monoisotopic (exact) mass is 531 g/mol. The van der Waals surface area contributed by atoms with E-state index in [1.165, 1.54) is 5.56 Å². The van der Waals surface area contributed by atoms with Gasteiger partial charge in [0.15, 0.2) is 0 Å². The minimum absolute atomic E-state index is 0.139. The number of rotatable bonds is 10. The number of methoxy groups -OCH3 is 1.